The molecule has 0 amide bonds. The van der Waals surface area contributed by atoms with Crippen LogP contribution in [0, 0.1) is 6.92 Å². The van der Waals surface area contributed by atoms with Gasteiger partial charge >= 0.3 is 0 Å². The zero-order chi connectivity index (χ0) is 13.2. The number of nitrogens with one attached hydrogen (secondary N) is 1. The first-order valence-corrected chi connectivity index (χ1v) is 6.67. The minimum absolute atomic E-state index is 0.601. The lowest BCUT2D eigenvalue weighted by Gasteiger charge is -2.18. The second kappa shape index (κ2) is 4.95. The van der Waals surface area contributed by atoms with E-state index in [4.69, 9.17) is 0 Å². The molecule has 1 N–H and O–H groups in total. The molecule has 0 bridgehead atoms. The van der Waals surface area contributed by atoms with E-state index in [1.807, 2.05) is 14.0 Å². The molecule has 0 saturated heterocycles. The van der Waals surface area contributed by atoms with Gasteiger partial charge in [-0.2, -0.15) is 5.10 Å². The summed E-state index contributed by atoms with van der Waals surface area (Å²) in [6.07, 6.45) is 6.28. The third-order valence-corrected chi connectivity index (χ3v) is 3.36. The largest absolute Gasteiger partial charge is 0.362 e. The van der Waals surface area contributed by atoms with Crippen LogP contribution in [-0.2, 0) is 26.4 Å². The lowest BCUT2D eigenvalue weighted by Crippen LogP contribution is -2.14. The second-order valence-electron chi connectivity index (χ2n) is 4.94. The smallest absolute Gasteiger partial charge is 0.169 e. The summed E-state index contributed by atoms with van der Waals surface area (Å²) in [6.45, 7) is 2.54. The van der Waals surface area contributed by atoms with Gasteiger partial charge in [0.25, 0.3) is 0 Å². The average molecular weight is 258 g/mol. The van der Waals surface area contributed by atoms with E-state index in [0.29, 0.717) is 6.54 Å². The summed E-state index contributed by atoms with van der Waals surface area (Å²) in [5.41, 5.74) is 2.48. The van der Waals surface area contributed by atoms with E-state index in [2.05, 4.69) is 25.4 Å². The first-order chi connectivity index (χ1) is 9.22. The normalized spacial score (nSPS) is 14.2. The molecule has 0 saturated carbocycles. The number of nitrogens with zero attached hydrogens (tertiary/aromatic N) is 5. The third-order valence-electron chi connectivity index (χ3n) is 3.36. The Labute approximate surface area is 112 Å². The van der Waals surface area contributed by atoms with E-state index in [9.17, 15) is 0 Å². The van der Waals surface area contributed by atoms with Crippen LogP contribution in [0.5, 0.6) is 0 Å². The highest BCUT2D eigenvalue weighted by Crippen LogP contribution is 2.25. The average Bonchev–Trinajstić information content (AvgIpc) is 2.81. The van der Waals surface area contributed by atoms with E-state index in [0.717, 1.165) is 30.3 Å². The van der Waals surface area contributed by atoms with Crippen molar-refractivity contribution in [3.8, 4) is 0 Å². The van der Waals surface area contributed by atoms with Crippen LogP contribution in [0.15, 0.2) is 6.33 Å². The van der Waals surface area contributed by atoms with Gasteiger partial charge in [-0.15, -0.1) is 0 Å². The van der Waals surface area contributed by atoms with E-state index >= 15 is 0 Å². The fourth-order valence-corrected chi connectivity index (χ4v) is 2.49. The van der Waals surface area contributed by atoms with Crippen LogP contribution in [-0.4, -0.2) is 24.7 Å². The molecular formula is C13H18N6. The summed E-state index contributed by atoms with van der Waals surface area (Å²) in [5, 5.41) is 7.61. The molecule has 2 heterocycles. The zero-order valence-electron chi connectivity index (χ0n) is 11.3. The molecule has 0 fully saturated rings. The van der Waals surface area contributed by atoms with Crippen LogP contribution in [0.2, 0.25) is 0 Å². The van der Waals surface area contributed by atoms with Crippen LogP contribution in [0.1, 0.15) is 35.7 Å². The van der Waals surface area contributed by atoms with Crippen molar-refractivity contribution in [3.63, 3.8) is 0 Å². The van der Waals surface area contributed by atoms with Crippen molar-refractivity contribution in [2.24, 2.45) is 7.05 Å². The van der Waals surface area contributed by atoms with Gasteiger partial charge in [0, 0.05) is 18.3 Å². The number of anilines is 1. The molecule has 0 radical (unpaired) electrons. The molecule has 19 heavy (non-hydrogen) atoms. The van der Waals surface area contributed by atoms with Crippen LogP contribution in [0.3, 0.4) is 0 Å². The molecule has 0 atom stereocenters. The quantitative estimate of drug-likeness (QED) is 0.901. The van der Waals surface area contributed by atoms with Gasteiger partial charge in [-0.1, -0.05) is 0 Å². The van der Waals surface area contributed by atoms with Gasteiger partial charge < -0.3 is 5.32 Å². The van der Waals surface area contributed by atoms with Crippen molar-refractivity contribution >= 4 is 5.82 Å². The SMILES string of the molecule is Cc1nc2c(c(NCc3ncn(C)n3)n1)CCCC2. The number of aryl methyl sites for hydroxylation is 3. The van der Waals surface area contributed by atoms with Crippen LogP contribution in [0.4, 0.5) is 5.82 Å². The summed E-state index contributed by atoms with van der Waals surface area (Å²) in [6, 6.07) is 0. The molecule has 0 aromatic carbocycles. The summed E-state index contributed by atoms with van der Waals surface area (Å²) >= 11 is 0. The molecule has 2 aromatic heterocycles. The molecule has 1 aliphatic rings. The van der Waals surface area contributed by atoms with Crippen LogP contribution in [0.25, 0.3) is 0 Å². The van der Waals surface area contributed by atoms with E-state index in [1.165, 1.54) is 24.1 Å². The Balaban J connectivity index is 1.82. The molecule has 3 rings (SSSR count). The Bertz CT molecular complexity index is 589. The Hall–Kier alpha value is -1.98. The maximum atomic E-state index is 4.55. The number of rotatable bonds is 3. The number of hydrogen-bond acceptors (Lipinski definition) is 5. The summed E-state index contributed by atoms with van der Waals surface area (Å²) in [5.74, 6) is 2.56. The second-order valence-corrected chi connectivity index (χ2v) is 4.94. The molecule has 2 aromatic rings. The van der Waals surface area contributed by atoms with Crippen molar-refractivity contribution in [2.45, 2.75) is 39.2 Å². The molecule has 100 valence electrons. The highest BCUT2D eigenvalue weighted by molar-refractivity contribution is 5.47. The van der Waals surface area contributed by atoms with Gasteiger partial charge in [0.2, 0.25) is 0 Å². The van der Waals surface area contributed by atoms with E-state index in [1.54, 1.807) is 11.0 Å². The molecular weight excluding hydrogens is 240 g/mol. The summed E-state index contributed by atoms with van der Waals surface area (Å²) in [7, 11) is 1.87. The van der Waals surface area contributed by atoms with Gasteiger partial charge in [0.1, 0.15) is 18.0 Å². The van der Waals surface area contributed by atoms with Crippen molar-refractivity contribution < 1.29 is 0 Å². The molecule has 1 aliphatic carbocycles. The van der Waals surface area contributed by atoms with Crippen LogP contribution < -0.4 is 5.32 Å². The lowest BCUT2D eigenvalue weighted by molar-refractivity contribution is 0.658. The summed E-state index contributed by atoms with van der Waals surface area (Å²) in [4.78, 5) is 13.3. The third kappa shape index (κ3) is 2.57. The Morgan fingerprint density at radius 1 is 1.26 bits per heavy atom. The maximum Gasteiger partial charge on any atom is 0.169 e. The van der Waals surface area contributed by atoms with Gasteiger partial charge in [0.05, 0.1) is 6.54 Å². The van der Waals surface area contributed by atoms with Crippen molar-refractivity contribution in [3.05, 3.63) is 29.2 Å². The Morgan fingerprint density at radius 2 is 2.11 bits per heavy atom. The Kier molecular flexibility index (Phi) is 3.15. The molecule has 6 nitrogen and oxygen atoms in total. The monoisotopic (exact) mass is 258 g/mol. The predicted molar refractivity (Wildman–Crippen MR) is 71.7 cm³/mol. The van der Waals surface area contributed by atoms with Gasteiger partial charge in [-0.05, 0) is 32.6 Å². The number of aromatic nitrogens is 5. The molecule has 0 unspecified atom stereocenters. The van der Waals surface area contributed by atoms with Gasteiger partial charge in [-0.3, -0.25) is 4.68 Å². The van der Waals surface area contributed by atoms with Crippen LogP contribution >= 0.6 is 0 Å². The van der Waals surface area contributed by atoms with Crippen molar-refractivity contribution in [2.75, 3.05) is 5.32 Å². The summed E-state index contributed by atoms with van der Waals surface area (Å²) < 4.78 is 1.71. The highest BCUT2D eigenvalue weighted by atomic mass is 15.3. The standard InChI is InChI=1S/C13H18N6/c1-9-16-11-6-4-3-5-10(11)13(17-9)14-7-12-15-8-19(2)18-12/h8H,3-7H2,1-2H3,(H,14,16,17). The van der Waals surface area contributed by atoms with Crippen molar-refractivity contribution in [1.82, 2.24) is 24.7 Å². The van der Waals surface area contributed by atoms with Gasteiger partial charge in [0.15, 0.2) is 5.82 Å². The highest BCUT2D eigenvalue weighted by Gasteiger charge is 2.16. The topological polar surface area (TPSA) is 68.5 Å². The lowest BCUT2D eigenvalue weighted by atomic mass is 9.96. The zero-order valence-corrected chi connectivity index (χ0v) is 11.3. The van der Waals surface area contributed by atoms with E-state index < -0.39 is 0 Å². The fourth-order valence-electron chi connectivity index (χ4n) is 2.49. The molecule has 0 aliphatic heterocycles. The Morgan fingerprint density at radius 3 is 2.89 bits per heavy atom. The minimum Gasteiger partial charge on any atom is -0.362 e. The first-order valence-electron chi connectivity index (χ1n) is 6.67. The predicted octanol–water partition coefficient (Wildman–Crippen LogP) is 1.40. The van der Waals surface area contributed by atoms with Gasteiger partial charge in [-0.25, -0.2) is 15.0 Å². The molecule has 0 spiro atoms. The molecule has 6 heteroatoms. The maximum absolute atomic E-state index is 4.55. The number of fused-ring (bicyclic) bond motifs is 1. The first kappa shape index (κ1) is 12.1. The number of hydrogen-bond donors (Lipinski definition) is 1. The van der Waals surface area contributed by atoms with Crippen molar-refractivity contribution in [1.29, 1.82) is 0 Å². The van der Waals surface area contributed by atoms with E-state index in [-0.39, 0.29) is 0 Å². The minimum atomic E-state index is 0.601. The fraction of sp³-hybridized carbons (Fsp3) is 0.538.